The highest BCUT2D eigenvalue weighted by Crippen LogP contribution is 2.16. The van der Waals surface area contributed by atoms with Gasteiger partial charge in [-0.2, -0.15) is 4.98 Å². The summed E-state index contributed by atoms with van der Waals surface area (Å²) in [5.74, 6) is -0.649. The van der Waals surface area contributed by atoms with Gasteiger partial charge in [0.05, 0.1) is 5.39 Å². The molecule has 0 atom stereocenters. The number of aryl methyl sites for hydroxylation is 1. The standard InChI is InChI=1S/C17H23N5O3/c1-4-20-10-13(16(24)25)14(23)12-9-18-17(19-15(12)20)22-7-5-21(6-8-22)11(2)3/h9-11H,4-8H2,1-3H3,(H,24,25). The van der Waals surface area contributed by atoms with E-state index in [-0.39, 0.29) is 10.9 Å². The molecule has 0 bridgehead atoms. The summed E-state index contributed by atoms with van der Waals surface area (Å²) in [5.41, 5.74) is -0.312. The molecule has 1 N–H and O–H groups in total. The predicted molar refractivity (Wildman–Crippen MR) is 95.4 cm³/mol. The van der Waals surface area contributed by atoms with Crippen molar-refractivity contribution in [1.29, 1.82) is 0 Å². The van der Waals surface area contributed by atoms with Crippen LogP contribution >= 0.6 is 0 Å². The predicted octanol–water partition coefficient (Wildman–Crippen LogP) is 1.04. The van der Waals surface area contributed by atoms with Gasteiger partial charge in [0.2, 0.25) is 11.4 Å². The minimum absolute atomic E-state index is 0.242. The minimum atomic E-state index is -1.23. The summed E-state index contributed by atoms with van der Waals surface area (Å²) in [5, 5.41) is 9.45. The Hall–Kier alpha value is -2.48. The maximum Gasteiger partial charge on any atom is 0.341 e. The third-order valence-corrected chi connectivity index (χ3v) is 4.70. The molecule has 0 unspecified atom stereocenters. The first kappa shape index (κ1) is 17.3. The number of aromatic nitrogens is 3. The Labute approximate surface area is 145 Å². The molecule has 134 valence electrons. The van der Waals surface area contributed by atoms with E-state index < -0.39 is 11.4 Å². The topological polar surface area (TPSA) is 91.6 Å². The lowest BCUT2D eigenvalue weighted by molar-refractivity contribution is 0.0695. The van der Waals surface area contributed by atoms with Crippen LogP contribution in [-0.4, -0.2) is 62.7 Å². The van der Waals surface area contributed by atoms with Crippen molar-refractivity contribution >= 4 is 23.0 Å². The maximum atomic E-state index is 12.3. The highest BCUT2D eigenvalue weighted by molar-refractivity contribution is 5.91. The highest BCUT2D eigenvalue weighted by atomic mass is 16.4. The first-order chi connectivity index (χ1) is 11.9. The molecule has 1 fully saturated rings. The molecular formula is C17H23N5O3. The summed E-state index contributed by atoms with van der Waals surface area (Å²) < 4.78 is 1.69. The second kappa shape index (κ2) is 6.79. The molecule has 1 aliphatic heterocycles. The van der Waals surface area contributed by atoms with Gasteiger partial charge in [-0.1, -0.05) is 0 Å². The Morgan fingerprint density at radius 1 is 1.28 bits per heavy atom. The molecular weight excluding hydrogens is 322 g/mol. The van der Waals surface area contributed by atoms with E-state index in [1.54, 1.807) is 4.57 Å². The molecule has 3 rings (SSSR count). The van der Waals surface area contributed by atoms with Crippen LogP contribution in [0.5, 0.6) is 0 Å². The number of hydrogen-bond donors (Lipinski definition) is 1. The molecule has 0 aromatic carbocycles. The Bertz CT molecular complexity index is 853. The zero-order valence-electron chi connectivity index (χ0n) is 14.8. The van der Waals surface area contributed by atoms with Gasteiger partial charge >= 0.3 is 5.97 Å². The van der Waals surface area contributed by atoms with Crippen LogP contribution in [-0.2, 0) is 6.54 Å². The second-order valence-electron chi connectivity index (χ2n) is 6.49. The van der Waals surface area contributed by atoms with Crippen LogP contribution in [0.4, 0.5) is 5.95 Å². The van der Waals surface area contributed by atoms with E-state index in [9.17, 15) is 14.7 Å². The number of anilines is 1. The van der Waals surface area contributed by atoms with E-state index in [1.807, 2.05) is 6.92 Å². The number of carbonyl (C=O) groups is 1. The molecule has 25 heavy (non-hydrogen) atoms. The van der Waals surface area contributed by atoms with E-state index in [2.05, 4.69) is 33.6 Å². The van der Waals surface area contributed by atoms with Gasteiger partial charge < -0.3 is 14.6 Å². The lowest BCUT2D eigenvalue weighted by Crippen LogP contribution is -2.49. The van der Waals surface area contributed by atoms with Crippen LogP contribution in [0.3, 0.4) is 0 Å². The Morgan fingerprint density at radius 3 is 2.52 bits per heavy atom. The van der Waals surface area contributed by atoms with E-state index in [4.69, 9.17) is 0 Å². The van der Waals surface area contributed by atoms with Crippen LogP contribution in [0.25, 0.3) is 11.0 Å². The quantitative estimate of drug-likeness (QED) is 0.885. The average Bonchev–Trinajstić information content (AvgIpc) is 2.61. The number of fused-ring (bicyclic) bond motifs is 1. The molecule has 0 radical (unpaired) electrons. The number of pyridine rings is 1. The van der Waals surface area contributed by atoms with Gasteiger partial charge in [0.25, 0.3) is 0 Å². The van der Waals surface area contributed by atoms with Crippen molar-refractivity contribution in [2.24, 2.45) is 0 Å². The van der Waals surface area contributed by atoms with E-state index in [0.29, 0.717) is 24.2 Å². The molecule has 0 saturated carbocycles. The molecule has 0 amide bonds. The number of carboxylic acid groups (broad SMARTS) is 1. The third-order valence-electron chi connectivity index (χ3n) is 4.70. The Morgan fingerprint density at radius 2 is 1.96 bits per heavy atom. The van der Waals surface area contributed by atoms with Crippen LogP contribution in [0, 0.1) is 0 Å². The number of carboxylic acids is 1. The van der Waals surface area contributed by atoms with Gasteiger partial charge in [0.1, 0.15) is 11.2 Å². The van der Waals surface area contributed by atoms with Crippen molar-refractivity contribution in [3.8, 4) is 0 Å². The summed E-state index contributed by atoms with van der Waals surface area (Å²) >= 11 is 0. The van der Waals surface area contributed by atoms with Gasteiger partial charge in [-0.15, -0.1) is 0 Å². The third kappa shape index (κ3) is 3.21. The number of rotatable bonds is 4. The van der Waals surface area contributed by atoms with Gasteiger partial charge in [0.15, 0.2) is 0 Å². The SMILES string of the molecule is CCn1cc(C(=O)O)c(=O)c2cnc(N3CCN(C(C)C)CC3)nc21. The smallest absolute Gasteiger partial charge is 0.341 e. The summed E-state index contributed by atoms with van der Waals surface area (Å²) in [6.45, 7) is 10.3. The van der Waals surface area contributed by atoms with Crippen molar-refractivity contribution in [1.82, 2.24) is 19.4 Å². The van der Waals surface area contributed by atoms with Crippen molar-refractivity contribution in [3.63, 3.8) is 0 Å². The molecule has 1 saturated heterocycles. The largest absolute Gasteiger partial charge is 0.477 e. The van der Waals surface area contributed by atoms with Gasteiger partial charge in [-0.3, -0.25) is 9.69 Å². The van der Waals surface area contributed by atoms with Crippen LogP contribution in [0.15, 0.2) is 17.2 Å². The van der Waals surface area contributed by atoms with Crippen LogP contribution in [0.2, 0.25) is 0 Å². The molecule has 3 heterocycles. The van der Waals surface area contributed by atoms with E-state index in [0.717, 1.165) is 26.2 Å². The zero-order chi connectivity index (χ0) is 18.1. The molecule has 2 aromatic heterocycles. The fourth-order valence-corrected chi connectivity index (χ4v) is 3.15. The summed E-state index contributed by atoms with van der Waals surface area (Å²) in [6, 6.07) is 0.513. The monoisotopic (exact) mass is 345 g/mol. The number of hydrogen-bond acceptors (Lipinski definition) is 6. The van der Waals surface area contributed by atoms with Crippen molar-refractivity contribution in [3.05, 3.63) is 28.2 Å². The fourth-order valence-electron chi connectivity index (χ4n) is 3.15. The molecule has 2 aromatic rings. The summed E-state index contributed by atoms with van der Waals surface area (Å²) in [7, 11) is 0. The summed E-state index contributed by atoms with van der Waals surface area (Å²) in [4.78, 5) is 37.0. The first-order valence-electron chi connectivity index (χ1n) is 8.54. The molecule has 8 heteroatoms. The first-order valence-corrected chi connectivity index (χ1v) is 8.54. The summed E-state index contributed by atoms with van der Waals surface area (Å²) in [6.07, 6.45) is 2.81. The fraction of sp³-hybridized carbons (Fsp3) is 0.529. The van der Waals surface area contributed by atoms with Crippen molar-refractivity contribution in [2.75, 3.05) is 31.1 Å². The molecule has 0 aliphatic carbocycles. The van der Waals surface area contributed by atoms with Gasteiger partial charge in [-0.25, -0.2) is 9.78 Å². The molecule has 0 spiro atoms. The molecule has 1 aliphatic rings. The Kier molecular flexibility index (Phi) is 4.71. The van der Waals surface area contributed by atoms with Crippen LogP contribution in [0.1, 0.15) is 31.1 Å². The van der Waals surface area contributed by atoms with E-state index >= 15 is 0 Å². The zero-order valence-corrected chi connectivity index (χ0v) is 14.8. The van der Waals surface area contributed by atoms with Gasteiger partial charge in [0, 0.05) is 51.2 Å². The van der Waals surface area contributed by atoms with E-state index in [1.165, 1.54) is 12.4 Å². The lowest BCUT2D eigenvalue weighted by atomic mass is 10.2. The minimum Gasteiger partial charge on any atom is -0.477 e. The van der Waals surface area contributed by atoms with Gasteiger partial charge in [-0.05, 0) is 20.8 Å². The van der Waals surface area contributed by atoms with Crippen molar-refractivity contribution in [2.45, 2.75) is 33.4 Å². The average molecular weight is 345 g/mol. The number of aromatic carboxylic acids is 1. The van der Waals surface area contributed by atoms with Crippen LogP contribution < -0.4 is 10.3 Å². The molecule has 8 nitrogen and oxygen atoms in total. The maximum absolute atomic E-state index is 12.3. The highest BCUT2D eigenvalue weighted by Gasteiger charge is 2.22. The normalized spacial score (nSPS) is 15.9. The number of nitrogens with zero attached hydrogens (tertiary/aromatic N) is 5. The van der Waals surface area contributed by atoms with Crippen molar-refractivity contribution < 1.29 is 9.90 Å². The number of piperazine rings is 1. The second-order valence-corrected chi connectivity index (χ2v) is 6.49. The lowest BCUT2D eigenvalue weighted by Gasteiger charge is -2.36. The Balaban J connectivity index is 1.99.